The van der Waals surface area contributed by atoms with Gasteiger partial charge in [-0.3, -0.25) is 4.79 Å². The van der Waals surface area contributed by atoms with Crippen molar-refractivity contribution < 1.29 is 18.0 Å². The quantitative estimate of drug-likeness (QED) is 0.701. The average molecular weight is 359 g/mol. The highest BCUT2D eigenvalue weighted by Crippen LogP contribution is 2.29. The molecule has 0 bridgehead atoms. The predicted octanol–water partition coefficient (Wildman–Crippen LogP) is 4.16. The normalized spacial score (nSPS) is 11.4. The molecule has 0 aliphatic rings. The molecule has 1 heterocycles. The Morgan fingerprint density at radius 3 is 2.31 bits per heavy atom. The minimum atomic E-state index is -4.37. The van der Waals surface area contributed by atoms with Crippen LogP contribution in [-0.4, -0.2) is 27.6 Å². The number of para-hydroxylation sites is 1. The first-order valence-corrected chi connectivity index (χ1v) is 7.87. The van der Waals surface area contributed by atoms with Crippen LogP contribution in [0.15, 0.2) is 66.9 Å². The Bertz CT molecular complexity index is 886. The molecule has 3 rings (SSSR count). The summed E-state index contributed by atoms with van der Waals surface area (Å²) in [5.74, 6) is -0.306. The van der Waals surface area contributed by atoms with Crippen LogP contribution in [0, 0.1) is 0 Å². The second kappa shape index (κ2) is 7.03. The third-order valence-corrected chi connectivity index (χ3v) is 3.88. The number of benzene rings is 2. The number of rotatable bonds is 4. The number of nitrogens with zero attached hydrogens (tertiary/aromatic N) is 3. The van der Waals surface area contributed by atoms with Gasteiger partial charge < -0.3 is 4.90 Å². The van der Waals surface area contributed by atoms with Crippen molar-refractivity contribution in [1.29, 1.82) is 0 Å². The van der Waals surface area contributed by atoms with Gasteiger partial charge in [-0.25, -0.2) is 4.68 Å². The van der Waals surface area contributed by atoms with E-state index in [2.05, 4.69) is 5.10 Å². The first-order chi connectivity index (χ1) is 12.3. The lowest BCUT2D eigenvalue weighted by Crippen LogP contribution is -2.26. The molecule has 4 nitrogen and oxygen atoms in total. The van der Waals surface area contributed by atoms with Crippen molar-refractivity contribution in [2.75, 3.05) is 7.05 Å². The predicted molar refractivity (Wildman–Crippen MR) is 90.8 cm³/mol. The highest BCUT2D eigenvalue weighted by molar-refractivity contribution is 5.92. The van der Waals surface area contributed by atoms with E-state index in [4.69, 9.17) is 0 Å². The van der Waals surface area contributed by atoms with Gasteiger partial charge in [0.15, 0.2) is 5.69 Å². The smallest absolute Gasteiger partial charge is 0.336 e. The molecule has 0 saturated heterocycles. The SMILES string of the molecule is CN(Cc1ccc(C(F)(F)F)cc1)C(=O)c1ccn(-c2ccccc2)n1. The lowest BCUT2D eigenvalue weighted by Gasteiger charge is -2.16. The van der Waals surface area contributed by atoms with E-state index in [1.807, 2.05) is 30.3 Å². The molecule has 0 atom stereocenters. The fourth-order valence-electron chi connectivity index (χ4n) is 2.50. The van der Waals surface area contributed by atoms with Gasteiger partial charge in [0.05, 0.1) is 11.3 Å². The maximum absolute atomic E-state index is 12.6. The molecular formula is C19H16F3N3O. The van der Waals surface area contributed by atoms with Crippen LogP contribution >= 0.6 is 0 Å². The Morgan fingerprint density at radius 1 is 1.04 bits per heavy atom. The van der Waals surface area contributed by atoms with Crippen LogP contribution in [0.25, 0.3) is 5.69 Å². The number of hydrogen-bond donors (Lipinski definition) is 0. The van der Waals surface area contributed by atoms with Gasteiger partial charge in [0.25, 0.3) is 5.91 Å². The van der Waals surface area contributed by atoms with Crippen molar-refractivity contribution in [3.8, 4) is 5.69 Å². The molecule has 1 aromatic heterocycles. The molecule has 0 aliphatic heterocycles. The number of carbonyl (C=O) groups is 1. The zero-order valence-electron chi connectivity index (χ0n) is 13.9. The summed E-state index contributed by atoms with van der Waals surface area (Å²) >= 11 is 0. The van der Waals surface area contributed by atoms with E-state index in [0.29, 0.717) is 5.56 Å². The number of halogens is 3. The zero-order valence-corrected chi connectivity index (χ0v) is 13.9. The van der Waals surface area contributed by atoms with Crippen LogP contribution in [0.3, 0.4) is 0 Å². The van der Waals surface area contributed by atoms with Gasteiger partial charge in [0, 0.05) is 19.8 Å². The summed E-state index contributed by atoms with van der Waals surface area (Å²) in [6, 6.07) is 15.7. The summed E-state index contributed by atoms with van der Waals surface area (Å²) in [7, 11) is 1.58. The number of carbonyl (C=O) groups excluding carboxylic acids is 1. The second-order valence-corrected chi connectivity index (χ2v) is 5.84. The monoisotopic (exact) mass is 359 g/mol. The molecule has 0 radical (unpaired) electrons. The third-order valence-electron chi connectivity index (χ3n) is 3.88. The average Bonchev–Trinajstić information content (AvgIpc) is 3.11. The van der Waals surface area contributed by atoms with Crippen molar-refractivity contribution in [2.24, 2.45) is 0 Å². The van der Waals surface area contributed by atoms with Gasteiger partial charge in [-0.05, 0) is 35.9 Å². The summed E-state index contributed by atoms with van der Waals surface area (Å²) < 4.78 is 39.4. The fourth-order valence-corrected chi connectivity index (χ4v) is 2.50. The van der Waals surface area contributed by atoms with Crippen molar-refractivity contribution in [3.63, 3.8) is 0 Å². The van der Waals surface area contributed by atoms with Crippen LogP contribution in [0.5, 0.6) is 0 Å². The molecule has 0 aliphatic carbocycles. The molecule has 7 heteroatoms. The van der Waals surface area contributed by atoms with E-state index in [0.717, 1.165) is 17.8 Å². The van der Waals surface area contributed by atoms with Gasteiger partial charge in [0.2, 0.25) is 0 Å². The van der Waals surface area contributed by atoms with E-state index in [1.54, 1.807) is 24.0 Å². The second-order valence-electron chi connectivity index (χ2n) is 5.84. The molecule has 0 saturated carbocycles. The van der Waals surface area contributed by atoms with E-state index in [9.17, 15) is 18.0 Å². The molecule has 3 aromatic rings. The van der Waals surface area contributed by atoms with Crippen LogP contribution < -0.4 is 0 Å². The molecule has 0 fully saturated rings. The van der Waals surface area contributed by atoms with Crippen LogP contribution in [0.1, 0.15) is 21.6 Å². The van der Waals surface area contributed by atoms with Gasteiger partial charge >= 0.3 is 6.18 Å². The molecule has 0 spiro atoms. The Morgan fingerprint density at radius 2 is 1.69 bits per heavy atom. The molecule has 134 valence electrons. The summed E-state index contributed by atoms with van der Waals surface area (Å²) in [6.45, 7) is 0.190. The summed E-state index contributed by atoms with van der Waals surface area (Å²) in [6.07, 6.45) is -2.68. The topological polar surface area (TPSA) is 38.1 Å². The highest BCUT2D eigenvalue weighted by atomic mass is 19.4. The standard InChI is InChI=1S/C19H16F3N3O/c1-24(13-14-7-9-15(10-8-14)19(20,21)22)18(26)17-11-12-25(23-17)16-5-3-2-4-6-16/h2-12H,13H2,1H3. The van der Waals surface area contributed by atoms with Crippen molar-refractivity contribution in [1.82, 2.24) is 14.7 Å². The van der Waals surface area contributed by atoms with E-state index in [-0.39, 0.29) is 18.1 Å². The lowest BCUT2D eigenvalue weighted by molar-refractivity contribution is -0.137. The lowest BCUT2D eigenvalue weighted by atomic mass is 10.1. The van der Waals surface area contributed by atoms with Crippen molar-refractivity contribution >= 4 is 5.91 Å². The summed E-state index contributed by atoms with van der Waals surface area (Å²) in [4.78, 5) is 13.9. The first kappa shape index (κ1) is 17.7. The maximum atomic E-state index is 12.6. The number of hydrogen-bond acceptors (Lipinski definition) is 2. The van der Waals surface area contributed by atoms with Gasteiger partial charge in [-0.2, -0.15) is 18.3 Å². The largest absolute Gasteiger partial charge is 0.416 e. The van der Waals surface area contributed by atoms with E-state index >= 15 is 0 Å². The van der Waals surface area contributed by atoms with Crippen molar-refractivity contribution in [2.45, 2.75) is 12.7 Å². The summed E-state index contributed by atoms with van der Waals surface area (Å²) in [5.41, 5.74) is 0.994. The Hall–Kier alpha value is -3.09. The molecule has 0 unspecified atom stereocenters. The van der Waals surface area contributed by atoms with Crippen molar-refractivity contribution in [3.05, 3.63) is 83.7 Å². The Labute approximate surface area is 148 Å². The van der Waals surface area contributed by atoms with E-state index < -0.39 is 11.7 Å². The van der Waals surface area contributed by atoms with Crippen LogP contribution in [0.2, 0.25) is 0 Å². The minimum absolute atomic E-state index is 0.190. The maximum Gasteiger partial charge on any atom is 0.416 e. The minimum Gasteiger partial charge on any atom is -0.336 e. The number of amides is 1. The molecule has 26 heavy (non-hydrogen) atoms. The zero-order chi connectivity index (χ0) is 18.7. The Balaban J connectivity index is 1.69. The third kappa shape index (κ3) is 3.93. The molecular weight excluding hydrogens is 343 g/mol. The highest BCUT2D eigenvalue weighted by Gasteiger charge is 2.30. The Kier molecular flexibility index (Phi) is 4.79. The molecule has 2 aromatic carbocycles. The van der Waals surface area contributed by atoms with Crippen LogP contribution in [0.4, 0.5) is 13.2 Å². The summed E-state index contributed by atoms with van der Waals surface area (Å²) in [5, 5.41) is 4.27. The van der Waals surface area contributed by atoms with E-state index in [1.165, 1.54) is 17.0 Å². The van der Waals surface area contributed by atoms with Gasteiger partial charge in [-0.15, -0.1) is 0 Å². The first-order valence-electron chi connectivity index (χ1n) is 7.87. The number of aromatic nitrogens is 2. The molecule has 1 amide bonds. The fraction of sp³-hybridized carbons (Fsp3) is 0.158. The van der Waals surface area contributed by atoms with Gasteiger partial charge in [-0.1, -0.05) is 30.3 Å². The van der Waals surface area contributed by atoms with Gasteiger partial charge in [0.1, 0.15) is 0 Å². The molecule has 0 N–H and O–H groups in total. The number of alkyl halides is 3. The van der Waals surface area contributed by atoms with Crippen LogP contribution in [-0.2, 0) is 12.7 Å².